The quantitative estimate of drug-likeness (QED) is 0.0543. The number of rotatable bonds is 27. The summed E-state index contributed by atoms with van der Waals surface area (Å²) in [6.07, 6.45) is 24.4. The SMILES string of the molecule is C/C=C/CCCCCCCCCCCCCCCCC[N+](CC(C)C(=O)O)(CC(C)C(=O)O)CC(C)C(=O)O. The summed E-state index contributed by atoms with van der Waals surface area (Å²) in [5.41, 5.74) is 0. The average molecular weight is 555 g/mol. The molecule has 0 aliphatic carbocycles. The number of hydrogen-bond acceptors (Lipinski definition) is 3. The van der Waals surface area contributed by atoms with Gasteiger partial charge in [-0.15, -0.1) is 0 Å². The minimum Gasteiger partial charge on any atom is -0.481 e. The van der Waals surface area contributed by atoms with Crippen LogP contribution in [0.5, 0.6) is 0 Å². The van der Waals surface area contributed by atoms with Gasteiger partial charge >= 0.3 is 17.9 Å². The van der Waals surface area contributed by atoms with Gasteiger partial charge in [0.1, 0.15) is 17.8 Å². The second-order valence-corrected chi connectivity index (χ2v) is 12.0. The number of carboxylic acid groups (broad SMARTS) is 3. The van der Waals surface area contributed by atoms with Crippen LogP contribution in [0.2, 0.25) is 0 Å². The first kappa shape index (κ1) is 37.1. The minimum atomic E-state index is -0.931. The van der Waals surface area contributed by atoms with E-state index in [1.165, 1.54) is 83.5 Å². The summed E-state index contributed by atoms with van der Waals surface area (Å²) in [6.45, 7) is 8.33. The van der Waals surface area contributed by atoms with Gasteiger partial charge < -0.3 is 19.8 Å². The molecule has 0 aliphatic heterocycles. The molecule has 0 amide bonds. The van der Waals surface area contributed by atoms with Crippen LogP contribution in [0, 0.1) is 17.8 Å². The van der Waals surface area contributed by atoms with Gasteiger partial charge in [0, 0.05) is 0 Å². The molecule has 3 N–H and O–H groups in total. The van der Waals surface area contributed by atoms with E-state index in [2.05, 4.69) is 19.1 Å². The Hall–Kier alpha value is -1.89. The molecule has 0 bridgehead atoms. The first-order chi connectivity index (χ1) is 18.5. The van der Waals surface area contributed by atoms with Crippen molar-refractivity contribution in [1.29, 1.82) is 0 Å². The fraction of sp³-hybridized carbons (Fsp3) is 0.844. The summed E-state index contributed by atoms with van der Waals surface area (Å²) in [5, 5.41) is 28.5. The van der Waals surface area contributed by atoms with Crippen molar-refractivity contribution in [1.82, 2.24) is 0 Å². The largest absolute Gasteiger partial charge is 0.481 e. The number of carboxylic acids is 3. The average Bonchev–Trinajstić information content (AvgIpc) is 2.87. The molecule has 0 radical (unpaired) electrons. The molecule has 7 nitrogen and oxygen atoms in total. The Balaban J connectivity index is 4.33. The van der Waals surface area contributed by atoms with Crippen molar-refractivity contribution in [3.8, 4) is 0 Å². The minimum absolute atomic E-state index is 0.227. The lowest BCUT2D eigenvalue weighted by Crippen LogP contribution is -2.57. The van der Waals surface area contributed by atoms with Crippen LogP contribution in [0.4, 0.5) is 0 Å². The standard InChI is InChI=1S/C32H59NO6/c1-5-6-7-8-9-10-11-12-13-14-15-16-17-18-19-20-21-22-23-33(24-27(2)30(34)35,25-28(3)31(36)37)26-29(4)32(38)39/h5-6,27-29H,7-26H2,1-4H3,(H2-,34,35,36,37,38,39)/p+1/b6-5+. The van der Waals surface area contributed by atoms with E-state index in [0.29, 0.717) is 6.54 Å². The van der Waals surface area contributed by atoms with Crippen LogP contribution in [0.3, 0.4) is 0 Å². The maximum absolute atomic E-state index is 11.6. The number of hydrogen-bond donors (Lipinski definition) is 3. The van der Waals surface area contributed by atoms with Gasteiger partial charge in [0.25, 0.3) is 0 Å². The maximum Gasteiger partial charge on any atom is 0.311 e. The number of allylic oxidation sites excluding steroid dienone is 2. The zero-order chi connectivity index (χ0) is 29.5. The van der Waals surface area contributed by atoms with E-state index in [1.807, 2.05) is 0 Å². The Morgan fingerprint density at radius 1 is 0.538 bits per heavy atom. The number of unbranched alkanes of at least 4 members (excludes halogenated alkanes) is 15. The molecule has 228 valence electrons. The second-order valence-electron chi connectivity index (χ2n) is 12.0. The lowest BCUT2D eigenvalue weighted by molar-refractivity contribution is -0.934. The summed E-state index contributed by atoms with van der Waals surface area (Å²) in [6, 6.07) is 0. The molecule has 0 heterocycles. The molecule has 0 spiro atoms. The molecule has 0 rings (SSSR count). The molecular weight excluding hydrogens is 494 g/mol. The number of aliphatic carboxylic acids is 3. The first-order valence-corrected chi connectivity index (χ1v) is 15.7. The zero-order valence-corrected chi connectivity index (χ0v) is 25.5. The molecule has 39 heavy (non-hydrogen) atoms. The van der Waals surface area contributed by atoms with E-state index in [-0.39, 0.29) is 24.1 Å². The van der Waals surface area contributed by atoms with Gasteiger partial charge in [-0.25, -0.2) is 0 Å². The Kier molecular flexibility index (Phi) is 21.8. The molecule has 3 unspecified atom stereocenters. The Labute approximate surface area is 238 Å². The van der Waals surface area contributed by atoms with Crippen molar-refractivity contribution in [2.45, 2.75) is 130 Å². The van der Waals surface area contributed by atoms with Crippen molar-refractivity contribution in [2.75, 3.05) is 26.2 Å². The van der Waals surface area contributed by atoms with E-state index in [0.717, 1.165) is 19.3 Å². The topological polar surface area (TPSA) is 112 Å². The summed E-state index contributed by atoms with van der Waals surface area (Å²) >= 11 is 0. The highest BCUT2D eigenvalue weighted by atomic mass is 16.4. The van der Waals surface area contributed by atoms with Gasteiger partial charge in [0.15, 0.2) is 0 Å². The molecule has 0 fully saturated rings. The fourth-order valence-corrected chi connectivity index (χ4v) is 5.65. The molecule has 0 aliphatic rings. The Morgan fingerprint density at radius 3 is 1.10 bits per heavy atom. The van der Waals surface area contributed by atoms with Gasteiger partial charge in [0.2, 0.25) is 0 Å². The van der Waals surface area contributed by atoms with Crippen molar-refractivity contribution < 1.29 is 34.2 Å². The third-order valence-corrected chi connectivity index (χ3v) is 7.99. The van der Waals surface area contributed by atoms with E-state index >= 15 is 0 Å². The zero-order valence-electron chi connectivity index (χ0n) is 25.5. The summed E-state index contributed by atoms with van der Waals surface area (Å²) in [4.78, 5) is 34.8. The van der Waals surface area contributed by atoms with Gasteiger partial charge in [-0.05, 0) is 53.4 Å². The normalized spacial score (nSPS) is 15.6. The third kappa shape index (κ3) is 19.8. The lowest BCUT2D eigenvalue weighted by atomic mass is 10.00. The molecule has 7 heteroatoms. The van der Waals surface area contributed by atoms with Crippen LogP contribution in [-0.4, -0.2) is 63.9 Å². The van der Waals surface area contributed by atoms with Crippen molar-refractivity contribution in [2.24, 2.45) is 17.8 Å². The molecular formula is C32H60NO6+. The van der Waals surface area contributed by atoms with Crippen LogP contribution >= 0.6 is 0 Å². The van der Waals surface area contributed by atoms with Crippen LogP contribution in [0.15, 0.2) is 12.2 Å². The highest BCUT2D eigenvalue weighted by Crippen LogP contribution is 2.22. The number of carbonyl (C=O) groups is 3. The van der Waals surface area contributed by atoms with Crippen molar-refractivity contribution in [3.63, 3.8) is 0 Å². The predicted octanol–water partition coefficient (Wildman–Crippen LogP) is 7.78. The Morgan fingerprint density at radius 2 is 0.821 bits per heavy atom. The van der Waals surface area contributed by atoms with E-state index in [9.17, 15) is 29.7 Å². The number of nitrogens with zero attached hydrogens (tertiary/aromatic N) is 1. The summed E-state index contributed by atoms with van der Waals surface area (Å²) < 4.78 is 0.227. The van der Waals surface area contributed by atoms with Gasteiger partial charge in [-0.3, -0.25) is 14.4 Å². The number of quaternary nitrogens is 1. The second kappa shape index (κ2) is 22.9. The maximum atomic E-state index is 11.6. The highest BCUT2D eigenvalue weighted by molar-refractivity contribution is 5.70. The first-order valence-electron chi connectivity index (χ1n) is 15.7. The smallest absolute Gasteiger partial charge is 0.311 e. The lowest BCUT2D eigenvalue weighted by Gasteiger charge is -2.42. The fourth-order valence-electron chi connectivity index (χ4n) is 5.65. The summed E-state index contributed by atoms with van der Waals surface area (Å²) in [5.74, 6) is -4.79. The molecule has 3 atom stereocenters. The van der Waals surface area contributed by atoms with Gasteiger partial charge in [0.05, 0.1) is 26.2 Å². The molecule has 0 aromatic carbocycles. The summed E-state index contributed by atoms with van der Waals surface area (Å²) in [7, 11) is 0. The third-order valence-electron chi connectivity index (χ3n) is 7.99. The Bertz CT molecular complexity index is 637. The highest BCUT2D eigenvalue weighted by Gasteiger charge is 2.38. The van der Waals surface area contributed by atoms with Gasteiger partial charge in [-0.2, -0.15) is 0 Å². The molecule has 0 aromatic heterocycles. The van der Waals surface area contributed by atoms with Crippen LogP contribution in [0.1, 0.15) is 130 Å². The van der Waals surface area contributed by atoms with Crippen molar-refractivity contribution in [3.05, 3.63) is 12.2 Å². The molecule has 0 saturated heterocycles. The molecule has 0 aromatic rings. The monoisotopic (exact) mass is 554 g/mol. The van der Waals surface area contributed by atoms with Crippen LogP contribution in [-0.2, 0) is 14.4 Å². The van der Waals surface area contributed by atoms with E-state index in [1.54, 1.807) is 20.8 Å². The predicted molar refractivity (Wildman–Crippen MR) is 159 cm³/mol. The van der Waals surface area contributed by atoms with Crippen LogP contribution < -0.4 is 0 Å². The van der Waals surface area contributed by atoms with E-state index in [4.69, 9.17) is 0 Å². The van der Waals surface area contributed by atoms with Gasteiger partial charge in [-0.1, -0.05) is 89.2 Å². The van der Waals surface area contributed by atoms with Crippen molar-refractivity contribution >= 4 is 17.9 Å². The molecule has 0 saturated carbocycles. The van der Waals surface area contributed by atoms with E-state index < -0.39 is 35.7 Å². The van der Waals surface area contributed by atoms with Crippen LogP contribution in [0.25, 0.3) is 0 Å².